The number of fused-ring (bicyclic) bond motifs is 1. The van der Waals surface area contributed by atoms with Crippen molar-refractivity contribution in [2.24, 2.45) is 0 Å². The molecule has 0 bridgehead atoms. The first-order valence-electron chi connectivity index (χ1n) is 14.2. The number of carbonyl (C=O) groups is 1. The molecule has 0 radical (unpaired) electrons. The van der Waals surface area contributed by atoms with Crippen molar-refractivity contribution in [3.8, 4) is 22.8 Å². The van der Waals surface area contributed by atoms with Gasteiger partial charge in [-0.1, -0.05) is 28.6 Å². The highest BCUT2D eigenvalue weighted by Crippen LogP contribution is 2.45. The van der Waals surface area contributed by atoms with Crippen LogP contribution in [0.25, 0.3) is 21.5 Å². The maximum atomic E-state index is 13.1. The Kier molecular flexibility index (Phi) is 7.94. The third-order valence-corrected chi connectivity index (χ3v) is 8.59. The van der Waals surface area contributed by atoms with E-state index in [1.165, 1.54) is 29.5 Å². The van der Waals surface area contributed by atoms with E-state index in [4.69, 9.17) is 14.2 Å². The van der Waals surface area contributed by atoms with Crippen molar-refractivity contribution in [1.82, 2.24) is 15.5 Å². The Morgan fingerprint density at radius 1 is 1.16 bits per heavy atom. The van der Waals surface area contributed by atoms with E-state index < -0.39 is 12.3 Å². The van der Waals surface area contributed by atoms with Gasteiger partial charge in [-0.05, 0) is 63.8 Å². The molecular formula is C30H31F3N4O5S. The number of alkyl halides is 3. The summed E-state index contributed by atoms with van der Waals surface area (Å²) in [6.45, 7) is 5.64. The molecule has 1 saturated carbocycles. The van der Waals surface area contributed by atoms with Crippen molar-refractivity contribution < 1.29 is 37.1 Å². The van der Waals surface area contributed by atoms with Crippen LogP contribution in [0, 0.1) is 0 Å². The van der Waals surface area contributed by atoms with Gasteiger partial charge in [0.25, 0.3) is 0 Å². The average molecular weight is 617 g/mol. The fourth-order valence-corrected chi connectivity index (χ4v) is 6.43. The molecule has 0 unspecified atom stereocenters. The fraction of sp³-hybridized carbons (Fsp3) is 0.433. The summed E-state index contributed by atoms with van der Waals surface area (Å²) in [5.74, 6) is 0.0716. The summed E-state index contributed by atoms with van der Waals surface area (Å²) in [5, 5.41) is 18.1. The lowest BCUT2D eigenvalue weighted by Gasteiger charge is -2.32. The minimum absolute atomic E-state index is 0.128. The molecule has 2 aliphatic rings. The number of benzene rings is 2. The van der Waals surface area contributed by atoms with E-state index in [1.54, 1.807) is 18.2 Å². The van der Waals surface area contributed by atoms with Crippen LogP contribution >= 0.6 is 11.3 Å². The zero-order chi connectivity index (χ0) is 30.3. The van der Waals surface area contributed by atoms with E-state index in [2.05, 4.69) is 20.1 Å². The molecule has 2 aromatic heterocycles. The smallest absolute Gasteiger partial charge is 0.489 e. The molecule has 2 aromatic carbocycles. The number of para-hydroxylation sites is 1. The van der Waals surface area contributed by atoms with Crippen LogP contribution in [0.1, 0.15) is 67.1 Å². The maximum Gasteiger partial charge on any atom is 0.573 e. The van der Waals surface area contributed by atoms with E-state index in [0.29, 0.717) is 23.5 Å². The van der Waals surface area contributed by atoms with Gasteiger partial charge in [0.1, 0.15) is 28.5 Å². The minimum atomic E-state index is -4.82. The maximum absolute atomic E-state index is 13.1. The quantitative estimate of drug-likeness (QED) is 0.195. The SMILES string of the molecule is CC(C)Oc1cc(C(=O)O)cc2sc(N3CCC(NCc4c(-c5ccccc5OC(F)(F)F)noc4C4CC4)CC3)nc12. The minimum Gasteiger partial charge on any atom is -0.489 e. The molecule has 0 atom stereocenters. The lowest BCUT2D eigenvalue weighted by Crippen LogP contribution is -2.42. The van der Waals surface area contributed by atoms with Crippen LogP contribution in [-0.4, -0.2) is 52.8 Å². The second kappa shape index (κ2) is 11.7. The molecule has 6 rings (SSSR count). The second-order valence-corrected chi connectivity index (χ2v) is 12.1. The molecule has 0 spiro atoms. The number of aromatic nitrogens is 2. The number of nitrogens with one attached hydrogen (secondary N) is 1. The molecule has 43 heavy (non-hydrogen) atoms. The van der Waals surface area contributed by atoms with Crippen LogP contribution in [0.2, 0.25) is 0 Å². The normalized spacial score (nSPS) is 16.3. The molecule has 0 amide bonds. The Morgan fingerprint density at radius 3 is 2.58 bits per heavy atom. The van der Waals surface area contributed by atoms with Crippen LogP contribution in [-0.2, 0) is 6.54 Å². The summed E-state index contributed by atoms with van der Waals surface area (Å²) in [4.78, 5) is 18.7. The molecule has 2 N–H and O–H groups in total. The third-order valence-electron chi connectivity index (χ3n) is 7.53. The van der Waals surface area contributed by atoms with Gasteiger partial charge in [0, 0.05) is 42.7 Å². The molecule has 1 aliphatic heterocycles. The van der Waals surface area contributed by atoms with Gasteiger partial charge < -0.3 is 29.3 Å². The molecule has 228 valence electrons. The molecule has 9 nitrogen and oxygen atoms in total. The Labute approximate surface area is 249 Å². The van der Waals surface area contributed by atoms with Crippen LogP contribution in [0.5, 0.6) is 11.5 Å². The van der Waals surface area contributed by atoms with Gasteiger partial charge in [-0.2, -0.15) is 0 Å². The largest absolute Gasteiger partial charge is 0.573 e. The number of halogens is 3. The van der Waals surface area contributed by atoms with E-state index in [0.717, 1.165) is 59.9 Å². The van der Waals surface area contributed by atoms with Gasteiger partial charge in [0.2, 0.25) is 0 Å². The number of nitrogens with zero attached hydrogens (tertiary/aromatic N) is 3. The lowest BCUT2D eigenvalue weighted by atomic mass is 10.0. The Balaban J connectivity index is 1.16. The number of carboxylic acid groups (broad SMARTS) is 1. The molecular weight excluding hydrogens is 585 g/mol. The highest BCUT2D eigenvalue weighted by molar-refractivity contribution is 7.22. The molecule has 13 heteroatoms. The first-order chi connectivity index (χ1) is 20.6. The van der Waals surface area contributed by atoms with Crippen LogP contribution in [0.15, 0.2) is 40.9 Å². The first-order valence-corrected chi connectivity index (χ1v) is 15.0. The monoisotopic (exact) mass is 616 g/mol. The first kappa shape index (κ1) is 29.2. The van der Waals surface area contributed by atoms with E-state index in [-0.39, 0.29) is 34.9 Å². The highest BCUT2D eigenvalue weighted by atomic mass is 32.1. The Hall–Kier alpha value is -3.84. The lowest BCUT2D eigenvalue weighted by molar-refractivity contribution is -0.274. The number of ether oxygens (including phenoxy) is 2. The summed E-state index contributed by atoms with van der Waals surface area (Å²) in [7, 11) is 0. The predicted octanol–water partition coefficient (Wildman–Crippen LogP) is 6.97. The van der Waals surface area contributed by atoms with Gasteiger partial charge >= 0.3 is 12.3 Å². The van der Waals surface area contributed by atoms with Crippen molar-refractivity contribution in [1.29, 1.82) is 0 Å². The molecule has 1 saturated heterocycles. The van der Waals surface area contributed by atoms with Crippen LogP contribution < -0.4 is 19.7 Å². The zero-order valence-corrected chi connectivity index (χ0v) is 24.4. The average Bonchev–Trinajstić information content (AvgIpc) is 3.56. The van der Waals surface area contributed by atoms with E-state index in [9.17, 15) is 23.1 Å². The number of hydrogen-bond donors (Lipinski definition) is 2. The highest BCUT2D eigenvalue weighted by Gasteiger charge is 2.36. The van der Waals surface area contributed by atoms with Crippen LogP contribution in [0.4, 0.5) is 18.3 Å². The summed E-state index contributed by atoms with van der Waals surface area (Å²) in [6, 6.07) is 9.31. The number of thiazole rings is 1. The van der Waals surface area contributed by atoms with Gasteiger partial charge in [0.15, 0.2) is 5.13 Å². The molecule has 1 aliphatic carbocycles. The Morgan fingerprint density at radius 2 is 1.91 bits per heavy atom. The predicted molar refractivity (Wildman–Crippen MR) is 155 cm³/mol. The van der Waals surface area contributed by atoms with E-state index in [1.807, 2.05) is 13.8 Å². The van der Waals surface area contributed by atoms with Crippen LogP contribution in [0.3, 0.4) is 0 Å². The standard InChI is InChI=1S/C30H31F3N4O5S/c1-16(2)40-23-13-18(28(38)39)14-24-26(23)35-29(43-24)37-11-9-19(10-12-37)34-15-21-25(36-42-27(21)17-7-8-17)20-5-3-4-6-22(20)41-30(31,32)33/h3-6,13-14,16-17,19,34H,7-12,15H2,1-2H3,(H,38,39). The second-order valence-electron chi connectivity index (χ2n) is 11.1. The van der Waals surface area contributed by atoms with Gasteiger partial charge in [-0.25, -0.2) is 9.78 Å². The van der Waals surface area contributed by atoms with Gasteiger partial charge in [-0.15, -0.1) is 13.2 Å². The summed E-state index contributed by atoms with van der Waals surface area (Å²) >= 11 is 1.44. The van der Waals surface area contributed by atoms with Gasteiger partial charge in [-0.3, -0.25) is 0 Å². The zero-order valence-electron chi connectivity index (χ0n) is 23.6. The Bertz CT molecular complexity index is 1620. The molecule has 2 fully saturated rings. The summed E-state index contributed by atoms with van der Waals surface area (Å²) < 4.78 is 55.9. The molecule has 3 heterocycles. The topological polar surface area (TPSA) is 110 Å². The third kappa shape index (κ3) is 6.57. The van der Waals surface area contributed by atoms with Crippen molar-refractivity contribution in [3.63, 3.8) is 0 Å². The number of rotatable bonds is 10. The summed E-state index contributed by atoms with van der Waals surface area (Å²) in [5.41, 5.74) is 2.18. The summed E-state index contributed by atoms with van der Waals surface area (Å²) in [6.07, 6.45) is -1.40. The van der Waals surface area contributed by atoms with Crippen molar-refractivity contribution in [3.05, 3.63) is 53.3 Å². The van der Waals surface area contributed by atoms with Crippen molar-refractivity contribution in [2.45, 2.75) is 70.5 Å². The molecule has 4 aromatic rings. The van der Waals surface area contributed by atoms with Crippen molar-refractivity contribution in [2.75, 3.05) is 18.0 Å². The number of anilines is 1. The van der Waals surface area contributed by atoms with Crippen molar-refractivity contribution >= 4 is 32.7 Å². The fourth-order valence-electron chi connectivity index (χ4n) is 5.36. The number of hydrogen-bond acceptors (Lipinski definition) is 9. The van der Waals surface area contributed by atoms with E-state index >= 15 is 0 Å². The number of aromatic carboxylic acids is 1. The number of carboxylic acids is 1. The van der Waals surface area contributed by atoms with Gasteiger partial charge in [0.05, 0.1) is 16.4 Å². The number of piperidine rings is 1.